The molecule has 1 aliphatic rings. The van der Waals surface area contributed by atoms with Crippen LogP contribution in [0.1, 0.15) is 16.1 Å². The molecule has 0 bridgehead atoms. The molecule has 0 atom stereocenters. The largest absolute Gasteiger partial charge is 0.352 e. The number of aromatic nitrogens is 2. The molecule has 0 spiro atoms. The highest BCUT2D eigenvalue weighted by molar-refractivity contribution is 6.17. The molecule has 94 valence electrons. The Morgan fingerprint density at radius 3 is 3.05 bits per heavy atom. The molecule has 3 heterocycles. The van der Waals surface area contributed by atoms with E-state index in [9.17, 15) is 4.79 Å². The molecule has 1 amide bonds. The predicted octanol–water partition coefficient (Wildman–Crippen LogP) is 2.01. The molecule has 4 nitrogen and oxygen atoms in total. The number of nitrogens with one attached hydrogen (secondary N) is 1. The minimum absolute atomic E-state index is 0.0307. The van der Waals surface area contributed by atoms with Gasteiger partial charge in [-0.1, -0.05) is 18.2 Å². The van der Waals surface area contributed by atoms with Crippen LogP contribution in [0.5, 0.6) is 0 Å². The summed E-state index contributed by atoms with van der Waals surface area (Å²) in [7, 11) is 2.01. The number of rotatable bonds is 0. The van der Waals surface area contributed by atoms with Crippen molar-refractivity contribution in [1.29, 1.82) is 0 Å². The maximum absolute atomic E-state index is 12.2. The number of para-hydroxylation sites is 1. The number of carbonyl (C=O) groups is 1. The molecule has 1 N–H and O–H groups in total. The van der Waals surface area contributed by atoms with Crippen LogP contribution in [0, 0.1) is 0 Å². The third-order valence-electron chi connectivity index (χ3n) is 3.93. The summed E-state index contributed by atoms with van der Waals surface area (Å²) in [6, 6.07) is 7.97. The lowest BCUT2D eigenvalue weighted by molar-refractivity contribution is 0.0947. The molecule has 4 rings (SSSR count). The molecule has 3 aromatic rings. The summed E-state index contributed by atoms with van der Waals surface area (Å²) in [5, 5.41) is 5.01. The van der Waals surface area contributed by atoms with Gasteiger partial charge in [0.25, 0.3) is 5.91 Å². The van der Waals surface area contributed by atoms with Crippen molar-refractivity contribution in [3.8, 4) is 0 Å². The van der Waals surface area contributed by atoms with Gasteiger partial charge in [-0.25, -0.2) is 0 Å². The average Bonchev–Trinajstić information content (AvgIpc) is 2.74. The summed E-state index contributed by atoms with van der Waals surface area (Å²) < 4.78 is 2.10. The zero-order valence-corrected chi connectivity index (χ0v) is 10.6. The van der Waals surface area contributed by atoms with Gasteiger partial charge in [-0.3, -0.25) is 9.78 Å². The second-order valence-electron chi connectivity index (χ2n) is 4.92. The van der Waals surface area contributed by atoms with Gasteiger partial charge in [-0.15, -0.1) is 0 Å². The van der Waals surface area contributed by atoms with Crippen LogP contribution in [0.3, 0.4) is 0 Å². The fourth-order valence-corrected chi connectivity index (χ4v) is 3.03. The molecule has 0 saturated carbocycles. The number of carbonyl (C=O) groups excluding carboxylic acids is 1. The normalized spacial score (nSPS) is 14.7. The third-order valence-corrected chi connectivity index (χ3v) is 3.93. The van der Waals surface area contributed by atoms with E-state index in [1.54, 1.807) is 0 Å². The van der Waals surface area contributed by atoms with Crippen molar-refractivity contribution in [2.24, 2.45) is 7.05 Å². The van der Waals surface area contributed by atoms with Crippen LogP contribution in [0.15, 0.2) is 30.5 Å². The number of nitrogens with zero attached hydrogens (tertiary/aromatic N) is 2. The van der Waals surface area contributed by atoms with Crippen molar-refractivity contribution in [2.45, 2.75) is 6.42 Å². The molecule has 1 aromatic carbocycles. The van der Waals surface area contributed by atoms with E-state index in [0.717, 1.165) is 39.5 Å². The first kappa shape index (κ1) is 10.6. The summed E-state index contributed by atoms with van der Waals surface area (Å²) in [5.41, 5.74) is 3.89. The fourth-order valence-electron chi connectivity index (χ4n) is 3.03. The van der Waals surface area contributed by atoms with Gasteiger partial charge in [0.05, 0.1) is 22.8 Å². The average molecular weight is 251 g/mol. The first-order chi connectivity index (χ1) is 9.27. The Labute approximate surface area is 110 Å². The van der Waals surface area contributed by atoms with Gasteiger partial charge in [-0.2, -0.15) is 0 Å². The third kappa shape index (κ3) is 1.28. The van der Waals surface area contributed by atoms with E-state index in [1.165, 1.54) is 0 Å². The fraction of sp³-hybridized carbons (Fsp3) is 0.200. The lowest BCUT2D eigenvalue weighted by Crippen LogP contribution is -2.32. The second kappa shape index (κ2) is 3.57. The Morgan fingerprint density at radius 2 is 2.16 bits per heavy atom. The van der Waals surface area contributed by atoms with E-state index >= 15 is 0 Å². The highest BCUT2D eigenvalue weighted by Crippen LogP contribution is 2.32. The molecule has 0 unspecified atom stereocenters. The Kier molecular flexibility index (Phi) is 1.98. The quantitative estimate of drug-likeness (QED) is 0.664. The smallest absolute Gasteiger partial charge is 0.253 e. The number of aryl methyl sites for hydroxylation is 1. The molecule has 0 radical (unpaired) electrons. The maximum atomic E-state index is 12.2. The highest BCUT2D eigenvalue weighted by atomic mass is 16.1. The number of amides is 1. The molecule has 2 aromatic heterocycles. The van der Waals surface area contributed by atoms with Crippen LogP contribution in [0.25, 0.3) is 21.8 Å². The molecular formula is C15H13N3O. The monoisotopic (exact) mass is 251 g/mol. The Bertz CT molecular complexity index is 832. The summed E-state index contributed by atoms with van der Waals surface area (Å²) in [6.07, 6.45) is 2.74. The van der Waals surface area contributed by atoms with Gasteiger partial charge < -0.3 is 9.88 Å². The van der Waals surface area contributed by atoms with Gasteiger partial charge in [0, 0.05) is 36.5 Å². The number of hydrogen-bond donors (Lipinski definition) is 1. The van der Waals surface area contributed by atoms with E-state index in [0.29, 0.717) is 6.54 Å². The van der Waals surface area contributed by atoms with Crippen molar-refractivity contribution in [3.05, 3.63) is 41.7 Å². The second-order valence-corrected chi connectivity index (χ2v) is 4.92. The van der Waals surface area contributed by atoms with Crippen LogP contribution in [-0.2, 0) is 13.5 Å². The summed E-state index contributed by atoms with van der Waals surface area (Å²) in [4.78, 5) is 16.7. The van der Waals surface area contributed by atoms with Gasteiger partial charge in [0.2, 0.25) is 0 Å². The zero-order valence-electron chi connectivity index (χ0n) is 10.6. The van der Waals surface area contributed by atoms with Crippen LogP contribution >= 0.6 is 0 Å². The van der Waals surface area contributed by atoms with Gasteiger partial charge >= 0.3 is 0 Å². The number of pyridine rings is 1. The van der Waals surface area contributed by atoms with Crippen molar-refractivity contribution in [2.75, 3.05) is 6.54 Å². The zero-order chi connectivity index (χ0) is 13.0. The molecule has 0 fully saturated rings. The van der Waals surface area contributed by atoms with Crippen molar-refractivity contribution in [1.82, 2.24) is 14.9 Å². The van der Waals surface area contributed by atoms with Crippen LogP contribution < -0.4 is 5.32 Å². The minimum atomic E-state index is 0.0307. The van der Waals surface area contributed by atoms with E-state index in [4.69, 9.17) is 0 Å². The minimum Gasteiger partial charge on any atom is -0.352 e. The van der Waals surface area contributed by atoms with Crippen molar-refractivity contribution >= 4 is 27.7 Å². The van der Waals surface area contributed by atoms with E-state index in [-0.39, 0.29) is 5.91 Å². The number of benzene rings is 1. The molecule has 0 aliphatic carbocycles. The first-order valence-electron chi connectivity index (χ1n) is 6.40. The molecule has 4 heteroatoms. The molecule has 0 saturated heterocycles. The van der Waals surface area contributed by atoms with Crippen molar-refractivity contribution < 1.29 is 4.79 Å². The highest BCUT2D eigenvalue weighted by Gasteiger charge is 2.25. The summed E-state index contributed by atoms with van der Waals surface area (Å²) >= 11 is 0. The molecular weight excluding hydrogens is 238 g/mol. The summed E-state index contributed by atoms with van der Waals surface area (Å²) in [5.74, 6) is 0.0307. The number of fused-ring (bicyclic) bond motifs is 5. The van der Waals surface area contributed by atoms with Crippen LogP contribution in [-0.4, -0.2) is 22.0 Å². The predicted molar refractivity (Wildman–Crippen MR) is 74.3 cm³/mol. The molecule has 1 aliphatic heterocycles. The first-order valence-corrected chi connectivity index (χ1v) is 6.40. The topological polar surface area (TPSA) is 46.9 Å². The van der Waals surface area contributed by atoms with E-state index in [1.807, 2.05) is 37.5 Å². The van der Waals surface area contributed by atoms with Crippen LogP contribution in [0.2, 0.25) is 0 Å². The van der Waals surface area contributed by atoms with Gasteiger partial charge in [-0.05, 0) is 6.07 Å². The Hall–Kier alpha value is -2.36. The SMILES string of the molecule is Cn1c2c(c3c4ccccc4ncc31)C(=O)NCC2. The van der Waals surface area contributed by atoms with Gasteiger partial charge in [0.15, 0.2) is 0 Å². The van der Waals surface area contributed by atoms with Crippen LogP contribution in [0.4, 0.5) is 0 Å². The van der Waals surface area contributed by atoms with E-state index < -0.39 is 0 Å². The Balaban J connectivity index is 2.28. The van der Waals surface area contributed by atoms with Gasteiger partial charge in [0.1, 0.15) is 0 Å². The lowest BCUT2D eigenvalue weighted by Gasteiger charge is -2.14. The van der Waals surface area contributed by atoms with Crippen molar-refractivity contribution in [3.63, 3.8) is 0 Å². The Morgan fingerprint density at radius 1 is 1.32 bits per heavy atom. The maximum Gasteiger partial charge on any atom is 0.253 e. The molecule has 19 heavy (non-hydrogen) atoms. The summed E-state index contributed by atoms with van der Waals surface area (Å²) in [6.45, 7) is 0.710. The number of hydrogen-bond acceptors (Lipinski definition) is 2. The lowest BCUT2D eigenvalue weighted by atomic mass is 10.0. The standard InChI is InChI=1S/C15H13N3O/c1-18-11-6-7-16-15(19)14(11)13-9-4-2-3-5-10(9)17-8-12(13)18/h2-5,8H,6-7H2,1H3,(H,16,19). The van der Waals surface area contributed by atoms with E-state index in [2.05, 4.69) is 14.9 Å².